The van der Waals surface area contributed by atoms with Crippen LogP contribution in [0.2, 0.25) is 5.02 Å². The van der Waals surface area contributed by atoms with Crippen LogP contribution in [0.15, 0.2) is 131 Å². The molecule has 294 valence electrons. The molecule has 11 heteroatoms. The second-order valence-corrected chi connectivity index (χ2v) is 18.0. The fraction of sp³-hybridized carbons (Fsp3) is 0.311. The van der Waals surface area contributed by atoms with Gasteiger partial charge in [-0.25, -0.2) is 13.1 Å². The van der Waals surface area contributed by atoms with Crippen LogP contribution >= 0.6 is 23.4 Å². The van der Waals surface area contributed by atoms with Crippen LogP contribution < -0.4 is 14.9 Å². The highest BCUT2D eigenvalue weighted by Gasteiger charge is 2.25. The number of hydrogen-bond acceptors (Lipinski definition) is 8. The summed E-state index contributed by atoms with van der Waals surface area (Å²) in [7, 11) is 2.23. The van der Waals surface area contributed by atoms with Gasteiger partial charge in [-0.3, -0.25) is 9.69 Å². The van der Waals surface area contributed by atoms with Gasteiger partial charge in [-0.05, 0) is 143 Å². The Balaban J connectivity index is 1.01. The zero-order valence-electron chi connectivity index (χ0n) is 32.6. The molecule has 1 heterocycles. The molecule has 8 nitrogen and oxygen atoms in total. The van der Waals surface area contributed by atoms with Crippen molar-refractivity contribution >= 4 is 50.7 Å². The summed E-state index contributed by atoms with van der Waals surface area (Å²) in [5.74, 6) is 0.210. The molecule has 56 heavy (non-hydrogen) atoms. The van der Waals surface area contributed by atoms with Gasteiger partial charge in [-0.1, -0.05) is 66.2 Å². The van der Waals surface area contributed by atoms with Crippen molar-refractivity contribution in [3.05, 3.63) is 143 Å². The molecule has 0 saturated carbocycles. The molecule has 5 aromatic rings. The molecule has 0 unspecified atom stereocenters. The van der Waals surface area contributed by atoms with E-state index in [0.29, 0.717) is 11.6 Å². The topological polar surface area (TPSA) is 85.0 Å². The highest BCUT2D eigenvalue weighted by atomic mass is 35.5. The van der Waals surface area contributed by atoms with E-state index in [1.165, 1.54) is 16.0 Å². The maximum absolute atomic E-state index is 13.4. The first kappa shape index (κ1) is 41.3. The van der Waals surface area contributed by atoms with Gasteiger partial charge < -0.3 is 15.1 Å². The lowest BCUT2D eigenvalue weighted by molar-refractivity contribution is 0.0981. The summed E-state index contributed by atoms with van der Waals surface area (Å²) < 4.78 is 29.0. The molecule has 0 radical (unpaired) electrons. The number of carbonyl (C=O) groups excluding carboxylic acids is 1. The lowest BCUT2D eigenvalue weighted by atomic mass is 9.97. The Hall–Kier alpha value is -4.32. The number of sulfonamides is 1. The van der Waals surface area contributed by atoms with E-state index in [2.05, 4.69) is 94.4 Å². The summed E-state index contributed by atoms with van der Waals surface area (Å²) in [4.78, 5) is 21.4. The third-order valence-electron chi connectivity index (χ3n) is 10.4. The zero-order chi connectivity index (χ0) is 39.7. The molecule has 1 aliphatic rings. The maximum Gasteiger partial charge on any atom is 0.264 e. The number of anilines is 2. The third-order valence-corrected chi connectivity index (χ3v) is 13.1. The molecule has 1 fully saturated rings. The summed E-state index contributed by atoms with van der Waals surface area (Å²) in [6.45, 7) is 5.44. The van der Waals surface area contributed by atoms with E-state index >= 15 is 0 Å². The SMILES string of the molecule is Cc1cc(S(=O)(=O)NC(=O)c2ccc(N3CCC(N(C)Cc4ccccc4-c4ccc(Cl)cc4)CC3)cc2)ccc1N[C@@H](CCN(C)C)CSc1ccccc1. The van der Waals surface area contributed by atoms with E-state index in [1.54, 1.807) is 42.1 Å². The number of nitrogens with zero attached hydrogens (tertiary/aromatic N) is 3. The molecule has 1 aliphatic heterocycles. The van der Waals surface area contributed by atoms with Crippen LogP contribution in [-0.4, -0.2) is 82.7 Å². The molecule has 0 bridgehead atoms. The second-order valence-electron chi connectivity index (χ2n) is 14.8. The summed E-state index contributed by atoms with van der Waals surface area (Å²) >= 11 is 7.94. The van der Waals surface area contributed by atoms with Crippen LogP contribution in [0.25, 0.3) is 11.1 Å². The van der Waals surface area contributed by atoms with Gasteiger partial charge in [-0.15, -0.1) is 11.8 Å². The summed E-state index contributed by atoms with van der Waals surface area (Å²) in [6, 6.07) is 39.7. The van der Waals surface area contributed by atoms with Gasteiger partial charge in [0.25, 0.3) is 15.9 Å². The molecule has 0 spiro atoms. The number of benzene rings is 5. The Bertz CT molecular complexity index is 2160. The first-order valence-electron chi connectivity index (χ1n) is 19.1. The molecule has 1 atom stereocenters. The average Bonchev–Trinajstić information content (AvgIpc) is 3.20. The fourth-order valence-corrected chi connectivity index (χ4v) is 9.28. The molecule has 6 rings (SSSR count). The number of carbonyl (C=O) groups is 1. The lowest BCUT2D eigenvalue weighted by Crippen LogP contribution is -2.43. The van der Waals surface area contributed by atoms with Crippen molar-refractivity contribution in [2.45, 2.75) is 54.6 Å². The predicted octanol–water partition coefficient (Wildman–Crippen LogP) is 9.06. The summed E-state index contributed by atoms with van der Waals surface area (Å²) in [5, 5.41) is 4.37. The van der Waals surface area contributed by atoms with Gasteiger partial charge in [0, 0.05) is 64.3 Å². The minimum absolute atomic E-state index is 0.0512. The summed E-state index contributed by atoms with van der Waals surface area (Å²) in [5.41, 5.74) is 6.65. The van der Waals surface area contributed by atoms with Gasteiger partial charge in [0.05, 0.1) is 4.90 Å². The van der Waals surface area contributed by atoms with Gasteiger partial charge in [0.15, 0.2) is 0 Å². The Kier molecular flexibility index (Phi) is 14.2. The largest absolute Gasteiger partial charge is 0.381 e. The molecule has 1 saturated heterocycles. The van der Waals surface area contributed by atoms with Crippen LogP contribution in [0.3, 0.4) is 0 Å². The number of nitrogens with one attached hydrogen (secondary N) is 2. The maximum atomic E-state index is 13.4. The Morgan fingerprint density at radius 3 is 2.23 bits per heavy atom. The number of aryl methyl sites for hydroxylation is 1. The molecule has 5 aromatic carbocycles. The van der Waals surface area contributed by atoms with Crippen molar-refractivity contribution in [2.24, 2.45) is 0 Å². The molecule has 2 N–H and O–H groups in total. The Morgan fingerprint density at radius 1 is 0.875 bits per heavy atom. The number of piperidine rings is 1. The minimum Gasteiger partial charge on any atom is -0.381 e. The van der Waals surface area contributed by atoms with E-state index in [0.717, 1.165) is 78.7 Å². The highest BCUT2D eigenvalue weighted by Crippen LogP contribution is 2.29. The monoisotopic (exact) mass is 809 g/mol. The highest BCUT2D eigenvalue weighted by molar-refractivity contribution is 7.99. The van der Waals surface area contributed by atoms with Crippen LogP contribution in [0.1, 0.15) is 40.7 Å². The second kappa shape index (κ2) is 19.2. The first-order chi connectivity index (χ1) is 26.9. The van der Waals surface area contributed by atoms with Crippen molar-refractivity contribution in [1.82, 2.24) is 14.5 Å². The van der Waals surface area contributed by atoms with Gasteiger partial charge in [-0.2, -0.15) is 0 Å². The fourth-order valence-electron chi connectivity index (χ4n) is 7.11. The molecule has 0 aromatic heterocycles. The lowest BCUT2D eigenvalue weighted by Gasteiger charge is -2.38. The molecular weight excluding hydrogens is 758 g/mol. The predicted molar refractivity (Wildman–Crippen MR) is 234 cm³/mol. The standard InChI is InChI=1S/C45H52ClN5O3S2/c1-33-30-42(22-23-44(33)47-38(24-27-49(2)3)32-55-41-11-6-5-7-12-41)56(53,54)48-45(52)35-16-20-40(21-17-35)51-28-25-39(26-29-51)50(4)31-36-10-8-9-13-43(36)34-14-18-37(46)19-15-34/h5-23,30,38-39,47H,24-29,31-32H2,1-4H3,(H,48,52)/t38-/m0/s1. The van der Waals surface area contributed by atoms with Gasteiger partial charge in [0.1, 0.15) is 0 Å². The smallest absolute Gasteiger partial charge is 0.264 e. The quantitative estimate of drug-likeness (QED) is 0.0957. The van der Waals surface area contributed by atoms with E-state index in [1.807, 2.05) is 49.4 Å². The number of hydrogen-bond donors (Lipinski definition) is 2. The first-order valence-corrected chi connectivity index (χ1v) is 22.0. The average molecular weight is 811 g/mol. The Morgan fingerprint density at radius 2 is 1.55 bits per heavy atom. The minimum atomic E-state index is -4.09. The number of amides is 1. The van der Waals surface area contributed by atoms with Crippen molar-refractivity contribution in [2.75, 3.05) is 56.7 Å². The number of rotatable bonds is 16. The molecule has 0 aliphatic carbocycles. The van der Waals surface area contributed by atoms with Gasteiger partial charge >= 0.3 is 0 Å². The summed E-state index contributed by atoms with van der Waals surface area (Å²) in [6.07, 6.45) is 2.95. The molecular formula is C45H52ClN5O3S2. The van der Waals surface area contributed by atoms with E-state index in [4.69, 9.17) is 11.6 Å². The normalized spacial score (nSPS) is 14.2. The van der Waals surface area contributed by atoms with Crippen LogP contribution in [0.4, 0.5) is 11.4 Å². The van der Waals surface area contributed by atoms with Crippen molar-refractivity contribution < 1.29 is 13.2 Å². The van der Waals surface area contributed by atoms with E-state index < -0.39 is 15.9 Å². The number of halogens is 1. The number of thioether (sulfide) groups is 1. The van der Waals surface area contributed by atoms with Crippen LogP contribution in [0.5, 0.6) is 0 Å². The van der Waals surface area contributed by atoms with Crippen LogP contribution in [0, 0.1) is 6.92 Å². The Labute approximate surface area is 342 Å². The van der Waals surface area contributed by atoms with E-state index in [9.17, 15) is 13.2 Å². The van der Waals surface area contributed by atoms with E-state index in [-0.39, 0.29) is 10.9 Å². The van der Waals surface area contributed by atoms with Gasteiger partial charge in [0.2, 0.25) is 0 Å². The van der Waals surface area contributed by atoms with Crippen molar-refractivity contribution in [3.63, 3.8) is 0 Å². The zero-order valence-corrected chi connectivity index (χ0v) is 35.0. The molecule has 1 amide bonds. The van der Waals surface area contributed by atoms with Crippen molar-refractivity contribution in [1.29, 1.82) is 0 Å². The van der Waals surface area contributed by atoms with Crippen LogP contribution in [-0.2, 0) is 16.6 Å². The third kappa shape index (κ3) is 11.2. The van der Waals surface area contributed by atoms with Crippen molar-refractivity contribution in [3.8, 4) is 11.1 Å².